The van der Waals surface area contributed by atoms with Crippen LogP contribution in [0.15, 0.2) is 23.2 Å². The van der Waals surface area contributed by atoms with E-state index in [2.05, 4.69) is 4.99 Å². The molecule has 0 unspecified atom stereocenters. The van der Waals surface area contributed by atoms with Crippen LogP contribution in [0, 0.1) is 11.8 Å². The number of rotatable bonds is 6. The molecule has 1 aromatic rings. The van der Waals surface area contributed by atoms with Crippen LogP contribution in [-0.2, 0) is 4.79 Å². The zero-order chi connectivity index (χ0) is 17.5. The topological polar surface area (TPSA) is 117 Å². The highest BCUT2D eigenvalue weighted by Crippen LogP contribution is 2.33. The van der Waals surface area contributed by atoms with Crippen LogP contribution >= 0.6 is 0 Å². The number of carbonyl (C=O) groups excluding carboxylic acids is 2. The largest absolute Gasteiger partial charge is 0.493 e. The van der Waals surface area contributed by atoms with E-state index in [-0.39, 0.29) is 17.8 Å². The lowest BCUT2D eigenvalue weighted by Gasteiger charge is -2.26. The average molecular weight is 333 g/mol. The first kappa shape index (κ1) is 17.8. The Morgan fingerprint density at radius 3 is 2.54 bits per heavy atom. The van der Waals surface area contributed by atoms with E-state index in [1.54, 1.807) is 18.2 Å². The standard InChI is InChI=1S/C17H23N3O4/c1-23-15-8-12(10-21)4-7-14(15)24-16(22)13-5-2-11(3-6-13)9-20-17(18)19/h4,7-8,10-11,13H,2-3,5-6,9H2,1H3,(H4,18,19,20). The highest BCUT2D eigenvalue weighted by atomic mass is 16.6. The van der Waals surface area contributed by atoms with Gasteiger partial charge >= 0.3 is 5.97 Å². The van der Waals surface area contributed by atoms with Crippen molar-refractivity contribution in [1.82, 2.24) is 0 Å². The van der Waals surface area contributed by atoms with E-state index in [1.807, 2.05) is 0 Å². The van der Waals surface area contributed by atoms with Crippen LogP contribution in [0.25, 0.3) is 0 Å². The summed E-state index contributed by atoms with van der Waals surface area (Å²) in [6, 6.07) is 4.71. The Hall–Kier alpha value is -2.57. The van der Waals surface area contributed by atoms with E-state index in [4.69, 9.17) is 20.9 Å². The van der Waals surface area contributed by atoms with Gasteiger partial charge in [0, 0.05) is 12.1 Å². The molecule has 0 radical (unpaired) electrons. The molecular weight excluding hydrogens is 310 g/mol. The predicted molar refractivity (Wildman–Crippen MR) is 90.1 cm³/mol. The maximum absolute atomic E-state index is 12.3. The number of hydrogen-bond acceptors (Lipinski definition) is 5. The number of aliphatic imine (C=N–C) groups is 1. The van der Waals surface area contributed by atoms with Crippen LogP contribution < -0.4 is 20.9 Å². The minimum atomic E-state index is -0.271. The van der Waals surface area contributed by atoms with Gasteiger partial charge in [0.2, 0.25) is 0 Å². The van der Waals surface area contributed by atoms with Gasteiger partial charge in [-0.25, -0.2) is 0 Å². The SMILES string of the molecule is COc1cc(C=O)ccc1OC(=O)C1CCC(CN=C(N)N)CC1. The molecule has 0 spiro atoms. The number of nitrogens with two attached hydrogens (primary N) is 2. The van der Waals surface area contributed by atoms with Crippen LogP contribution in [-0.4, -0.2) is 31.9 Å². The molecule has 0 aromatic heterocycles. The third-order valence-corrected chi connectivity index (χ3v) is 4.25. The molecule has 0 bridgehead atoms. The molecule has 1 aliphatic rings. The molecule has 130 valence electrons. The number of benzene rings is 1. The van der Waals surface area contributed by atoms with Gasteiger partial charge in [0.1, 0.15) is 6.29 Å². The van der Waals surface area contributed by atoms with Crippen molar-refractivity contribution in [2.24, 2.45) is 28.3 Å². The molecule has 0 amide bonds. The number of nitrogens with zero attached hydrogens (tertiary/aromatic N) is 1. The highest BCUT2D eigenvalue weighted by molar-refractivity contribution is 5.79. The van der Waals surface area contributed by atoms with Crippen molar-refractivity contribution in [3.05, 3.63) is 23.8 Å². The third kappa shape index (κ3) is 4.71. The minimum Gasteiger partial charge on any atom is -0.493 e. The van der Waals surface area contributed by atoms with Gasteiger partial charge in [-0.1, -0.05) is 0 Å². The van der Waals surface area contributed by atoms with Crippen molar-refractivity contribution in [3.63, 3.8) is 0 Å². The summed E-state index contributed by atoms with van der Waals surface area (Å²) >= 11 is 0. The lowest BCUT2D eigenvalue weighted by atomic mass is 9.82. The maximum atomic E-state index is 12.3. The van der Waals surface area contributed by atoms with Crippen LogP contribution in [0.3, 0.4) is 0 Å². The van der Waals surface area contributed by atoms with Gasteiger partial charge in [0.15, 0.2) is 17.5 Å². The maximum Gasteiger partial charge on any atom is 0.314 e. The molecule has 7 nitrogen and oxygen atoms in total. The zero-order valence-electron chi connectivity index (χ0n) is 13.7. The van der Waals surface area contributed by atoms with Crippen LogP contribution in [0.5, 0.6) is 11.5 Å². The summed E-state index contributed by atoms with van der Waals surface area (Å²) in [7, 11) is 1.47. The zero-order valence-corrected chi connectivity index (χ0v) is 13.7. The molecule has 0 atom stereocenters. The highest BCUT2D eigenvalue weighted by Gasteiger charge is 2.28. The molecule has 1 aliphatic carbocycles. The number of carbonyl (C=O) groups is 2. The van der Waals surface area contributed by atoms with Crippen LogP contribution in [0.1, 0.15) is 36.0 Å². The van der Waals surface area contributed by atoms with Gasteiger partial charge in [-0.15, -0.1) is 0 Å². The number of esters is 1. The van der Waals surface area contributed by atoms with Crippen LogP contribution in [0.2, 0.25) is 0 Å². The van der Waals surface area contributed by atoms with E-state index in [1.165, 1.54) is 7.11 Å². The molecule has 4 N–H and O–H groups in total. The first-order valence-electron chi connectivity index (χ1n) is 7.93. The average Bonchev–Trinajstić information content (AvgIpc) is 2.60. The summed E-state index contributed by atoms with van der Waals surface area (Å²) in [5, 5.41) is 0. The summed E-state index contributed by atoms with van der Waals surface area (Å²) < 4.78 is 10.6. The summed E-state index contributed by atoms with van der Waals surface area (Å²) in [6.07, 6.45) is 3.98. The first-order chi connectivity index (χ1) is 11.5. The number of ether oxygens (including phenoxy) is 2. The molecule has 7 heteroatoms. The quantitative estimate of drug-likeness (QED) is 0.268. The van der Waals surface area contributed by atoms with E-state index in [9.17, 15) is 9.59 Å². The van der Waals surface area contributed by atoms with Crippen molar-refractivity contribution in [3.8, 4) is 11.5 Å². The fourth-order valence-corrected chi connectivity index (χ4v) is 2.85. The van der Waals surface area contributed by atoms with E-state index >= 15 is 0 Å². The second-order valence-corrected chi connectivity index (χ2v) is 5.93. The molecule has 2 rings (SSSR count). The lowest BCUT2D eigenvalue weighted by molar-refractivity contribution is -0.140. The molecule has 1 aromatic carbocycles. The van der Waals surface area contributed by atoms with Crippen molar-refractivity contribution < 1.29 is 19.1 Å². The molecule has 0 saturated heterocycles. The predicted octanol–water partition coefficient (Wildman–Crippen LogP) is 1.49. The van der Waals surface area contributed by atoms with Gasteiger partial charge < -0.3 is 20.9 Å². The Balaban J connectivity index is 1.92. The fourth-order valence-electron chi connectivity index (χ4n) is 2.85. The molecule has 24 heavy (non-hydrogen) atoms. The van der Waals surface area contributed by atoms with Crippen molar-refractivity contribution >= 4 is 18.2 Å². The Morgan fingerprint density at radius 1 is 1.25 bits per heavy atom. The van der Waals surface area contributed by atoms with Gasteiger partial charge in [-0.2, -0.15) is 0 Å². The first-order valence-corrected chi connectivity index (χ1v) is 7.93. The normalized spacial score (nSPS) is 20.0. The van der Waals surface area contributed by atoms with Crippen molar-refractivity contribution in [2.45, 2.75) is 25.7 Å². The van der Waals surface area contributed by atoms with Crippen molar-refractivity contribution in [2.75, 3.05) is 13.7 Å². The van der Waals surface area contributed by atoms with Gasteiger partial charge in [0.25, 0.3) is 0 Å². The van der Waals surface area contributed by atoms with E-state index < -0.39 is 0 Å². The summed E-state index contributed by atoms with van der Waals surface area (Å²) in [4.78, 5) is 27.2. The smallest absolute Gasteiger partial charge is 0.314 e. The summed E-state index contributed by atoms with van der Waals surface area (Å²) in [6.45, 7) is 0.602. The van der Waals surface area contributed by atoms with Crippen molar-refractivity contribution in [1.29, 1.82) is 0 Å². The van der Waals surface area contributed by atoms with Crippen LogP contribution in [0.4, 0.5) is 0 Å². The Kier molecular flexibility index (Phi) is 6.17. The Bertz CT molecular complexity index is 618. The summed E-state index contributed by atoms with van der Waals surface area (Å²) in [5.74, 6) is 0.786. The molecule has 1 saturated carbocycles. The lowest BCUT2D eigenvalue weighted by Crippen LogP contribution is -2.28. The molecular formula is C17H23N3O4. The number of aldehydes is 1. The van der Waals surface area contributed by atoms with E-state index in [0.29, 0.717) is 35.8 Å². The van der Waals surface area contributed by atoms with Gasteiger partial charge in [-0.3, -0.25) is 14.6 Å². The molecule has 0 aliphatic heterocycles. The molecule has 1 fully saturated rings. The van der Waals surface area contributed by atoms with Gasteiger partial charge in [-0.05, 0) is 49.8 Å². The number of hydrogen-bond donors (Lipinski definition) is 2. The van der Waals surface area contributed by atoms with Gasteiger partial charge in [0.05, 0.1) is 13.0 Å². The Labute approximate surface area is 141 Å². The summed E-state index contributed by atoms with van der Waals surface area (Å²) in [5.41, 5.74) is 11.1. The van der Waals surface area contributed by atoms with E-state index in [0.717, 1.165) is 25.7 Å². The second-order valence-electron chi connectivity index (χ2n) is 5.93. The fraction of sp³-hybridized carbons (Fsp3) is 0.471. The minimum absolute atomic E-state index is 0.0994. The number of methoxy groups -OCH3 is 1. The third-order valence-electron chi connectivity index (χ3n) is 4.25. The molecule has 0 heterocycles. The Morgan fingerprint density at radius 2 is 1.96 bits per heavy atom. The number of guanidine groups is 1. The second kappa shape index (κ2) is 8.33. The monoisotopic (exact) mass is 333 g/mol.